The molecular formula is C14H28Br4N2O5S2. The van der Waals surface area contributed by atoms with Crippen molar-refractivity contribution in [2.45, 2.75) is 51.6 Å². The van der Waals surface area contributed by atoms with Gasteiger partial charge in [0.2, 0.25) is 0 Å². The Labute approximate surface area is 198 Å². The average Bonchev–Trinajstić information content (AvgIpc) is 2.51. The van der Waals surface area contributed by atoms with Crippen LogP contribution in [-0.2, 0) is 24.4 Å². The summed E-state index contributed by atoms with van der Waals surface area (Å²) in [5.74, 6) is -0.189. The lowest BCUT2D eigenvalue weighted by Crippen LogP contribution is -2.33. The highest BCUT2D eigenvalue weighted by molar-refractivity contribution is 9.21. The van der Waals surface area contributed by atoms with Crippen molar-refractivity contribution in [3.05, 3.63) is 0 Å². The highest BCUT2D eigenvalue weighted by Crippen LogP contribution is 2.27. The van der Waals surface area contributed by atoms with E-state index in [1.165, 1.54) is 0 Å². The second-order valence-corrected chi connectivity index (χ2v) is 16.9. The quantitative estimate of drug-likeness (QED) is 0.202. The third-order valence-electron chi connectivity index (χ3n) is 4.04. The summed E-state index contributed by atoms with van der Waals surface area (Å²) >= 11 is 13.0. The second-order valence-electron chi connectivity index (χ2n) is 7.51. The van der Waals surface area contributed by atoms with Crippen LogP contribution in [0.2, 0.25) is 0 Å². The van der Waals surface area contributed by atoms with Gasteiger partial charge in [0.25, 0.3) is 0 Å². The summed E-state index contributed by atoms with van der Waals surface area (Å²) in [5.41, 5.74) is -0.731. The summed E-state index contributed by atoms with van der Waals surface area (Å²) < 4.78 is 56.8. The zero-order valence-corrected chi connectivity index (χ0v) is 23.9. The van der Waals surface area contributed by atoms with E-state index in [4.69, 9.17) is 4.74 Å². The molecule has 0 spiro atoms. The maximum atomic E-state index is 12.1. The number of sulfone groups is 2. The zero-order chi connectivity index (χ0) is 21.5. The number of ether oxygens (including phenoxy) is 1. The van der Waals surface area contributed by atoms with Gasteiger partial charge >= 0.3 is 0 Å². The molecule has 0 aliphatic heterocycles. The number of hydrogen-bond acceptors (Lipinski definition) is 7. The predicted molar refractivity (Wildman–Crippen MR) is 125 cm³/mol. The maximum Gasteiger partial charge on any atom is 0.152 e. The van der Waals surface area contributed by atoms with Gasteiger partial charge < -0.3 is 4.74 Å². The lowest BCUT2D eigenvalue weighted by Gasteiger charge is -2.28. The topological polar surface area (TPSA) is 84.0 Å². The Morgan fingerprint density at radius 2 is 0.963 bits per heavy atom. The first-order valence-electron chi connectivity index (χ1n) is 8.23. The Bertz CT molecular complexity index is 596. The number of rotatable bonds is 14. The van der Waals surface area contributed by atoms with Crippen LogP contribution >= 0.6 is 64.6 Å². The lowest BCUT2D eigenvalue weighted by atomic mass is 10.0. The van der Waals surface area contributed by atoms with Gasteiger partial charge in [-0.1, -0.05) is 0 Å². The van der Waals surface area contributed by atoms with E-state index in [-0.39, 0.29) is 47.3 Å². The monoisotopic (exact) mass is 684 g/mol. The molecule has 0 heterocycles. The van der Waals surface area contributed by atoms with E-state index >= 15 is 0 Å². The van der Waals surface area contributed by atoms with Crippen LogP contribution in [0.1, 0.15) is 40.5 Å². The van der Waals surface area contributed by atoms with Crippen LogP contribution in [0.25, 0.3) is 0 Å². The minimum atomic E-state index is -3.26. The highest BCUT2D eigenvalue weighted by Gasteiger charge is 2.27. The standard InChI is InChI=1S/C14H28Br4N2O5S2/c1-13(2,19(15)16)5-9-26(21,22)11-7-25-8-12-27(23,24)10-6-14(3,4)20(17)18/h5-12H2,1-4H3. The Morgan fingerprint density at radius 3 is 1.22 bits per heavy atom. The van der Waals surface area contributed by atoms with Gasteiger partial charge in [-0.15, -0.1) is 0 Å². The fourth-order valence-electron chi connectivity index (χ4n) is 1.66. The predicted octanol–water partition coefficient (Wildman–Crippen LogP) is 4.01. The summed E-state index contributed by atoms with van der Waals surface area (Å²) in [5, 5.41) is 0. The molecule has 0 aromatic rings. The fraction of sp³-hybridized carbons (Fsp3) is 1.00. The normalized spacial score (nSPS) is 14.3. The Kier molecular flexibility index (Phi) is 12.7. The number of hydrogen-bond donors (Lipinski definition) is 0. The van der Waals surface area contributed by atoms with Gasteiger partial charge in [0.15, 0.2) is 19.7 Å². The second kappa shape index (κ2) is 11.9. The van der Waals surface area contributed by atoms with Crippen LogP contribution < -0.4 is 0 Å². The SMILES string of the molecule is CC(C)(CCS(=O)(=O)CCOCCS(=O)(=O)CCC(C)(C)N(Br)Br)N(Br)Br. The van der Waals surface area contributed by atoms with Gasteiger partial charge in [-0.2, -0.15) is 5.90 Å². The van der Waals surface area contributed by atoms with Crippen LogP contribution in [0.3, 0.4) is 0 Å². The molecule has 0 bridgehead atoms. The van der Waals surface area contributed by atoms with Crippen molar-refractivity contribution >= 4 is 84.3 Å². The molecule has 0 radical (unpaired) electrons. The number of nitrogens with zero attached hydrogens (tertiary/aromatic N) is 2. The Hall–Kier alpha value is 1.70. The smallest absolute Gasteiger partial charge is 0.152 e. The molecule has 0 aliphatic carbocycles. The van der Waals surface area contributed by atoms with Gasteiger partial charge in [0.1, 0.15) is 0 Å². The van der Waals surface area contributed by atoms with Gasteiger partial charge in [-0.05, 0) is 40.5 Å². The molecule has 27 heavy (non-hydrogen) atoms. The van der Waals surface area contributed by atoms with Crippen molar-refractivity contribution in [3.8, 4) is 0 Å². The van der Waals surface area contributed by atoms with Crippen LogP contribution in [0, 0.1) is 0 Å². The highest BCUT2D eigenvalue weighted by atomic mass is 79.9. The molecular weight excluding hydrogens is 660 g/mol. The van der Waals surface area contributed by atoms with Gasteiger partial charge in [-0.3, -0.25) is 0 Å². The summed E-state index contributed by atoms with van der Waals surface area (Å²) in [6.07, 6.45) is 0.877. The molecule has 0 saturated heterocycles. The summed E-state index contributed by atoms with van der Waals surface area (Å²) in [6, 6.07) is 0. The molecule has 0 aliphatic rings. The first kappa shape index (κ1) is 28.7. The van der Waals surface area contributed by atoms with Crippen molar-refractivity contribution in [1.29, 1.82) is 0 Å². The first-order chi connectivity index (χ1) is 12.0. The molecule has 0 N–H and O–H groups in total. The summed E-state index contributed by atoms with van der Waals surface area (Å²) in [4.78, 5) is 0. The van der Waals surface area contributed by atoms with E-state index < -0.39 is 19.7 Å². The zero-order valence-electron chi connectivity index (χ0n) is 15.9. The van der Waals surface area contributed by atoms with Crippen molar-refractivity contribution in [3.63, 3.8) is 0 Å². The van der Waals surface area contributed by atoms with Crippen molar-refractivity contribution in [2.75, 3.05) is 36.2 Å². The molecule has 7 nitrogen and oxygen atoms in total. The molecule has 13 heteroatoms. The van der Waals surface area contributed by atoms with Gasteiger partial charge in [0, 0.05) is 75.7 Å². The molecule has 0 rings (SSSR count). The van der Waals surface area contributed by atoms with Crippen LogP contribution in [-0.4, -0.2) is 70.0 Å². The lowest BCUT2D eigenvalue weighted by molar-refractivity contribution is 0.164. The first-order valence-corrected chi connectivity index (χ1v) is 14.7. The molecule has 0 saturated carbocycles. The Morgan fingerprint density at radius 1 is 0.667 bits per heavy atom. The largest absolute Gasteiger partial charge is 0.379 e. The van der Waals surface area contributed by atoms with Crippen molar-refractivity contribution in [2.24, 2.45) is 0 Å². The molecule has 0 aromatic heterocycles. The van der Waals surface area contributed by atoms with Gasteiger partial charge in [0.05, 0.1) is 36.2 Å². The minimum Gasteiger partial charge on any atom is -0.379 e. The molecule has 0 fully saturated rings. The number of halogens is 4. The summed E-state index contributed by atoms with van der Waals surface area (Å²) in [7, 11) is -6.52. The third-order valence-corrected chi connectivity index (χ3v) is 11.1. The van der Waals surface area contributed by atoms with E-state index in [9.17, 15) is 16.8 Å². The summed E-state index contributed by atoms with van der Waals surface area (Å²) in [6.45, 7) is 7.59. The van der Waals surface area contributed by atoms with E-state index in [1.54, 1.807) is 5.90 Å². The molecule has 164 valence electrons. The third kappa shape index (κ3) is 12.9. The van der Waals surface area contributed by atoms with Crippen molar-refractivity contribution in [1.82, 2.24) is 5.90 Å². The minimum absolute atomic E-state index is 0.00725. The van der Waals surface area contributed by atoms with E-state index in [2.05, 4.69) is 64.6 Å². The van der Waals surface area contributed by atoms with Crippen LogP contribution in [0.4, 0.5) is 0 Å². The molecule has 0 aromatic carbocycles. The van der Waals surface area contributed by atoms with Crippen LogP contribution in [0.15, 0.2) is 0 Å². The van der Waals surface area contributed by atoms with Crippen molar-refractivity contribution < 1.29 is 21.6 Å². The van der Waals surface area contributed by atoms with E-state index in [0.29, 0.717) is 12.8 Å². The molecule has 0 unspecified atom stereocenters. The molecule has 0 amide bonds. The van der Waals surface area contributed by atoms with Crippen LogP contribution in [0.5, 0.6) is 0 Å². The average molecular weight is 688 g/mol. The molecule has 0 atom stereocenters. The maximum absolute atomic E-state index is 12.1. The fourth-order valence-corrected chi connectivity index (χ4v) is 5.14. The van der Waals surface area contributed by atoms with E-state index in [0.717, 1.165) is 0 Å². The Balaban J connectivity index is 4.20. The van der Waals surface area contributed by atoms with E-state index in [1.807, 2.05) is 27.7 Å². The van der Waals surface area contributed by atoms with Gasteiger partial charge in [-0.25, -0.2) is 16.8 Å².